The van der Waals surface area contributed by atoms with E-state index in [1.807, 2.05) is 0 Å². The van der Waals surface area contributed by atoms with Crippen LogP contribution in [0, 0.1) is 5.92 Å². The van der Waals surface area contributed by atoms with Crippen LogP contribution in [-0.4, -0.2) is 46.4 Å². The first-order valence-electron chi connectivity index (χ1n) is 5.74. The Morgan fingerprint density at radius 3 is 2.82 bits per heavy atom. The third-order valence-corrected chi connectivity index (χ3v) is 4.66. The zero-order valence-electron chi connectivity index (χ0n) is 10.2. The molecule has 0 bridgehead atoms. The Kier molecular flexibility index (Phi) is 5.35. The summed E-state index contributed by atoms with van der Waals surface area (Å²) in [6.45, 7) is 3.50. The summed E-state index contributed by atoms with van der Waals surface area (Å²) < 4.78 is 30.4. The minimum atomic E-state index is -3.62. The van der Waals surface area contributed by atoms with Gasteiger partial charge in [0.25, 0.3) is 0 Å². The van der Waals surface area contributed by atoms with E-state index in [-0.39, 0.29) is 0 Å². The summed E-state index contributed by atoms with van der Waals surface area (Å²) in [7, 11) is -2.44. The zero-order chi connectivity index (χ0) is 12.9. The monoisotopic (exact) mass is 264 g/mol. The highest BCUT2D eigenvalue weighted by Crippen LogP contribution is 2.09. The van der Waals surface area contributed by atoms with Gasteiger partial charge >= 0.3 is 5.97 Å². The van der Waals surface area contributed by atoms with Crippen LogP contribution < -0.4 is 10.0 Å². The van der Waals surface area contributed by atoms with Gasteiger partial charge in [-0.05, 0) is 38.8 Å². The molecule has 1 saturated heterocycles. The van der Waals surface area contributed by atoms with E-state index in [0.29, 0.717) is 12.5 Å². The number of ether oxygens (including phenoxy) is 1. The molecule has 2 unspecified atom stereocenters. The SMILES string of the molecule is COC(=O)C(C)S(=O)(=O)NCC1CCCNC1. The quantitative estimate of drug-likeness (QED) is 0.652. The number of methoxy groups -OCH3 is 1. The van der Waals surface area contributed by atoms with Crippen molar-refractivity contribution in [3.63, 3.8) is 0 Å². The van der Waals surface area contributed by atoms with Gasteiger partial charge in [0.05, 0.1) is 7.11 Å². The molecule has 0 aromatic carbocycles. The number of hydrogen-bond acceptors (Lipinski definition) is 5. The molecule has 1 rings (SSSR count). The van der Waals surface area contributed by atoms with Crippen LogP contribution in [0.5, 0.6) is 0 Å². The van der Waals surface area contributed by atoms with Crippen molar-refractivity contribution in [3.8, 4) is 0 Å². The minimum Gasteiger partial charge on any atom is -0.468 e. The predicted octanol–water partition coefficient (Wildman–Crippen LogP) is -0.533. The number of esters is 1. The highest BCUT2D eigenvalue weighted by Gasteiger charge is 2.29. The molecular weight excluding hydrogens is 244 g/mol. The lowest BCUT2D eigenvalue weighted by atomic mass is 10.0. The lowest BCUT2D eigenvalue weighted by Crippen LogP contribution is -2.43. The van der Waals surface area contributed by atoms with Gasteiger partial charge in [-0.3, -0.25) is 4.79 Å². The van der Waals surface area contributed by atoms with E-state index in [2.05, 4.69) is 14.8 Å². The molecule has 1 heterocycles. The number of rotatable bonds is 5. The second-order valence-electron chi connectivity index (χ2n) is 4.27. The third kappa shape index (κ3) is 4.25. The zero-order valence-corrected chi connectivity index (χ0v) is 11.0. The summed E-state index contributed by atoms with van der Waals surface area (Å²) in [6.07, 6.45) is 2.06. The fraction of sp³-hybridized carbons (Fsp3) is 0.900. The first-order valence-corrected chi connectivity index (χ1v) is 7.29. The maximum Gasteiger partial charge on any atom is 0.325 e. The maximum absolute atomic E-state index is 11.7. The molecule has 0 aromatic heterocycles. The molecule has 0 radical (unpaired) electrons. The summed E-state index contributed by atoms with van der Waals surface area (Å²) in [4.78, 5) is 11.2. The Hall–Kier alpha value is -0.660. The molecule has 2 N–H and O–H groups in total. The van der Waals surface area contributed by atoms with E-state index in [0.717, 1.165) is 25.9 Å². The third-order valence-electron chi connectivity index (χ3n) is 2.97. The van der Waals surface area contributed by atoms with E-state index < -0.39 is 21.2 Å². The number of hydrogen-bond donors (Lipinski definition) is 2. The molecule has 100 valence electrons. The Bertz CT molecular complexity index is 349. The number of carbonyl (C=O) groups excluding carboxylic acids is 1. The minimum absolute atomic E-state index is 0.295. The summed E-state index contributed by atoms with van der Waals surface area (Å²) in [5, 5.41) is 2.04. The fourth-order valence-electron chi connectivity index (χ4n) is 1.75. The van der Waals surface area contributed by atoms with E-state index >= 15 is 0 Å². The molecule has 0 saturated carbocycles. The van der Waals surface area contributed by atoms with Crippen LogP contribution >= 0.6 is 0 Å². The van der Waals surface area contributed by atoms with Gasteiger partial charge in [0.15, 0.2) is 5.25 Å². The summed E-state index contributed by atoms with van der Waals surface area (Å²) >= 11 is 0. The van der Waals surface area contributed by atoms with Crippen LogP contribution in [0.3, 0.4) is 0 Å². The first-order chi connectivity index (χ1) is 7.97. The average molecular weight is 264 g/mol. The Balaban J connectivity index is 2.46. The van der Waals surface area contributed by atoms with Crippen molar-refractivity contribution in [2.45, 2.75) is 25.0 Å². The second kappa shape index (κ2) is 6.32. The van der Waals surface area contributed by atoms with Gasteiger partial charge < -0.3 is 10.1 Å². The highest BCUT2D eigenvalue weighted by molar-refractivity contribution is 7.90. The van der Waals surface area contributed by atoms with Gasteiger partial charge in [0.1, 0.15) is 0 Å². The number of nitrogens with one attached hydrogen (secondary N) is 2. The Morgan fingerprint density at radius 2 is 2.29 bits per heavy atom. The van der Waals surface area contributed by atoms with Gasteiger partial charge in [-0.2, -0.15) is 0 Å². The molecule has 2 atom stereocenters. The van der Waals surface area contributed by atoms with Crippen LogP contribution in [0.1, 0.15) is 19.8 Å². The Morgan fingerprint density at radius 1 is 1.59 bits per heavy atom. The smallest absolute Gasteiger partial charge is 0.325 e. The number of piperidine rings is 1. The van der Waals surface area contributed by atoms with Gasteiger partial charge in [-0.25, -0.2) is 13.1 Å². The molecular formula is C10H20N2O4S. The molecule has 17 heavy (non-hydrogen) atoms. The molecule has 1 aliphatic rings. The molecule has 0 amide bonds. The summed E-state index contributed by atoms with van der Waals surface area (Å²) in [6, 6.07) is 0. The normalized spacial score (nSPS) is 23.1. The lowest BCUT2D eigenvalue weighted by molar-refractivity contribution is -0.139. The molecule has 0 aromatic rings. The fourth-order valence-corrected chi connectivity index (χ4v) is 2.82. The molecule has 1 aliphatic heterocycles. The topological polar surface area (TPSA) is 84.5 Å². The number of carbonyl (C=O) groups is 1. The van der Waals surface area contributed by atoms with Crippen molar-refractivity contribution in [3.05, 3.63) is 0 Å². The molecule has 1 fully saturated rings. The van der Waals surface area contributed by atoms with Crippen molar-refractivity contribution in [2.75, 3.05) is 26.7 Å². The first kappa shape index (κ1) is 14.4. The van der Waals surface area contributed by atoms with E-state index in [1.165, 1.54) is 14.0 Å². The van der Waals surface area contributed by atoms with Gasteiger partial charge in [0, 0.05) is 6.54 Å². The number of sulfonamides is 1. The van der Waals surface area contributed by atoms with Crippen molar-refractivity contribution >= 4 is 16.0 Å². The van der Waals surface area contributed by atoms with Crippen LogP contribution in [0.2, 0.25) is 0 Å². The largest absolute Gasteiger partial charge is 0.468 e. The van der Waals surface area contributed by atoms with E-state index in [9.17, 15) is 13.2 Å². The van der Waals surface area contributed by atoms with Gasteiger partial charge in [-0.15, -0.1) is 0 Å². The molecule has 6 nitrogen and oxygen atoms in total. The van der Waals surface area contributed by atoms with Crippen molar-refractivity contribution in [1.29, 1.82) is 0 Å². The maximum atomic E-state index is 11.7. The van der Waals surface area contributed by atoms with Gasteiger partial charge in [-0.1, -0.05) is 0 Å². The molecule has 0 aliphatic carbocycles. The van der Waals surface area contributed by atoms with Crippen molar-refractivity contribution < 1.29 is 17.9 Å². The van der Waals surface area contributed by atoms with Crippen LogP contribution in [0.15, 0.2) is 0 Å². The van der Waals surface area contributed by atoms with Crippen molar-refractivity contribution in [1.82, 2.24) is 10.0 Å². The standard InChI is InChI=1S/C10H20N2O4S/c1-8(10(13)16-2)17(14,15)12-7-9-4-3-5-11-6-9/h8-9,11-12H,3-7H2,1-2H3. The van der Waals surface area contributed by atoms with E-state index in [4.69, 9.17) is 0 Å². The van der Waals surface area contributed by atoms with Crippen molar-refractivity contribution in [2.24, 2.45) is 5.92 Å². The van der Waals surface area contributed by atoms with Gasteiger partial charge in [0.2, 0.25) is 10.0 Å². The molecule has 7 heteroatoms. The average Bonchev–Trinajstić information content (AvgIpc) is 2.36. The summed E-state index contributed by atoms with van der Waals surface area (Å²) in [5.74, 6) is -0.442. The highest BCUT2D eigenvalue weighted by atomic mass is 32.2. The lowest BCUT2D eigenvalue weighted by Gasteiger charge is -2.23. The van der Waals surface area contributed by atoms with Crippen LogP contribution in [-0.2, 0) is 19.6 Å². The van der Waals surface area contributed by atoms with Crippen LogP contribution in [0.25, 0.3) is 0 Å². The molecule has 0 spiro atoms. The Labute approximate surface area is 102 Å². The summed E-state index contributed by atoms with van der Waals surface area (Å²) in [5.41, 5.74) is 0. The predicted molar refractivity (Wildman–Crippen MR) is 64.0 cm³/mol. The van der Waals surface area contributed by atoms with Crippen LogP contribution in [0.4, 0.5) is 0 Å². The second-order valence-corrected chi connectivity index (χ2v) is 6.36. The van der Waals surface area contributed by atoms with E-state index in [1.54, 1.807) is 0 Å².